The summed E-state index contributed by atoms with van der Waals surface area (Å²) in [6, 6.07) is 10.3. The summed E-state index contributed by atoms with van der Waals surface area (Å²) in [6.07, 6.45) is 0. The van der Waals surface area contributed by atoms with Crippen LogP contribution in [0.1, 0.15) is 13.8 Å². The predicted molar refractivity (Wildman–Crippen MR) is 73.1 cm³/mol. The minimum Gasteiger partial charge on any atom is -0.318 e. The number of hydrogen-bond acceptors (Lipinski definition) is 3. The first-order valence-corrected chi connectivity index (χ1v) is 6.31. The molecule has 0 atom stereocenters. The molecule has 0 amide bonds. The summed E-state index contributed by atoms with van der Waals surface area (Å²) >= 11 is 1.60. The van der Waals surface area contributed by atoms with Gasteiger partial charge in [0.05, 0.1) is 5.69 Å². The van der Waals surface area contributed by atoms with E-state index in [1.54, 1.807) is 11.3 Å². The van der Waals surface area contributed by atoms with Crippen molar-refractivity contribution in [1.82, 2.24) is 4.57 Å². The second kappa shape index (κ2) is 5.10. The number of benzene rings is 1. The molecule has 4 heteroatoms. The fourth-order valence-corrected chi connectivity index (χ4v) is 2.33. The average molecular weight is 245 g/mol. The van der Waals surface area contributed by atoms with Crippen LogP contribution in [0.3, 0.4) is 0 Å². The zero-order valence-corrected chi connectivity index (χ0v) is 11.0. The summed E-state index contributed by atoms with van der Waals surface area (Å²) in [4.78, 5) is 0.907. The highest BCUT2D eigenvalue weighted by atomic mass is 32.1. The van der Waals surface area contributed by atoms with E-state index in [9.17, 15) is 0 Å². The van der Waals surface area contributed by atoms with Gasteiger partial charge in [0.2, 0.25) is 4.80 Å². The van der Waals surface area contributed by atoms with Crippen LogP contribution in [0.25, 0.3) is 11.3 Å². The van der Waals surface area contributed by atoms with Gasteiger partial charge in [-0.15, -0.1) is 16.4 Å². The van der Waals surface area contributed by atoms with Crippen molar-refractivity contribution >= 4 is 17.0 Å². The number of nitrogens with zero attached hydrogens (tertiary/aromatic N) is 3. The summed E-state index contributed by atoms with van der Waals surface area (Å²) < 4.78 is 2.06. The molecule has 0 aliphatic heterocycles. The van der Waals surface area contributed by atoms with Crippen molar-refractivity contribution < 1.29 is 0 Å². The first-order valence-electron chi connectivity index (χ1n) is 5.43. The molecular weight excluding hydrogens is 230 g/mol. The lowest BCUT2D eigenvalue weighted by atomic mass is 10.2. The Labute approximate surface area is 105 Å². The van der Waals surface area contributed by atoms with E-state index in [1.165, 1.54) is 11.3 Å². The molecule has 0 fully saturated rings. The van der Waals surface area contributed by atoms with Crippen molar-refractivity contribution in [1.29, 1.82) is 0 Å². The minimum absolute atomic E-state index is 0.907. The topological polar surface area (TPSA) is 29.6 Å². The lowest BCUT2D eigenvalue weighted by Crippen LogP contribution is -2.10. The van der Waals surface area contributed by atoms with Crippen molar-refractivity contribution in [3.05, 3.63) is 40.5 Å². The van der Waals surface area contributed by atoms with E-state index in [4.69, 9.17) is 0 Å². The van der Waals surface area contributed by atoms with Crippen LogP contribution in [-0.2, 0) is 7.05 Å². The third kappa shape index (κ3) is 2.71. The maximum atomic E-state index is 4.22. The van der Waals surface area contributed by atoms with Crippen molar-refractivity contribution in [3.63, 3.8) is 0 Å². The Morgan fingerprint density at radius 3 is 2.53 bits per heavy atom. The molecule has 2 rings (SSSR count). The summed E-state index contributed by atoms with van der Waals surface area (Å²) in [7, 11) is 2.01. The van der Waals surface area contributed by atoms with Gasteiger partial charge in [-0.25, -0.2) is 0 Å². The van der Waals surface area contributed by atoms with E-state index >= 15 is 0 Å². The smallest absolute Gasteiger partial charge is 0.210 e. The van der Waals surface area contributed by atoms with Crippen LogP contribution in [0.5, 0.6) is 0 Å². The fraction of sp³-hybridized carbons (Fsp3) is 0.231. The highest BCUT2D eigenvalue weighted by Gasteiger charge is 2.03. The summed E-state index contributed by atoms with van der Waals surface area (Å²) in [5.74, 6) is 0. The molecule has 88 valence electrons. The Bertz CT molecular complexity index is 587. The summed E-state index contributed by atoms with van der Waals surface area (Å²) in [5, 5.41) is 10.4. The second-order valence-electron chi connectivity index (χ2n) is 3.98. The predicted octanol–water partition coefficient (Wildman–Crippen LogP) is 3.05. The first-order chi connectivity index (χ1) is 8.18. The Hall–Kier alpha value is -1.68. The van der Waals surface area contributed by atoms with Crippen LogP contribution >= 0.6 is 11.3 Å². The van der Waals surface area contributed by atoms with Crippen molar-refractivity contribution in [3.8, 4) is 11.3 Å². The number of hydrogen-bond donors (Lipinski definition) is 0. The largest absolute Gasteiger partial charge is 0.318 e. The van der Waals surface area contributed by atoms with E-state index in [2.05, 4.69) is 32.3 Å². The van der Waals surface area contributed by atoms with Gasteiger partial charge in [-0.05, 0) is 19.4 Å². The first kappa shape index (κ1) is 11.8. The van der Waals surface area contributed by atoms with Gasteiger partial charge < -0.3 is 4.57 Å². The SMILES string of the molecule is CC(C)=N/N=c1/scc(-c2ccccc2)n1C. The van der Waals surface area contributed by atoms with Crippen LogP contribution < -0.4 is 4.80 Å². The van der Waals surface area contributed by atoms with Gasteiger partial charge in [-0.3, -0.25) is 0 Å². The normalized spacial score (nSPS) is 11.6. The van der Waals surface area contributed by atoms with Crippen molar-refractivity contribution in [2.75, 3.05) is 0 Å². The van der Waals surface area contributed by atoms with Gasteiger partial charge in [0.1, 0.15) is 0 Å². The number of aromatic nitrogens is 1. The molecule has 0 radical (unpaired) electrons. The molecule has 0 N–H and O–H groups in total. The summed E-state index contributed by atoms with van der Waals surface area (Å²) in [6.45, 7) is 3.88. The maximum absolute atomic E-state index is 4.22. The Morgan fingerprint density at radius 2 is 1.88 bits per heavy atom. The molecule has 0 saturated carbocycles. The van der Waals surface area contributed by atoms with Gasteiger partial charge in [0, 0.05) is 18.1 Å². The second-order valence-corrected chi connectivity index (χ2v) is 4.81. The molecule has 2 aromatic rings. The van der Waals surface area contributed by atoms with E-state index in [1.807, 2.05) is 39.1 Å². The van der Waals surface area contributed by atoms with E-state index in [0.717, 1.165) is 10.5 Å². The highest BCUT2D eigenvalue weighted by Crippen LogP contribution is 2.18. The van der Waals surface area contributed by atoms with E-state index in [0.29, 0.717) is 0 Å². The number of rotatable bonds is 2. The molecule has 17 heavy (non-hydrogen) atoms. The van der Waals surface area contributed by atoms with Crippen molar-refractivity contribution in [2.45, 2.75) is 13.8 Å². The quantitative estimate of drug-likeness (QED) is 0.575. The van der Waals surface area contributed by atoms with Gasteiger partial charge >= 0.3 is 0 Å². The number of thiazole rings is 1. The highest BCUT2D eigenvalue weighted by molar-refractivity contribution is 7.07. The average Bonchev–Trinajstić information content (AvgIpc) is 2.69. The van der Waals surface area contributed by atoms with Gasteiger partial charge in [0.15, 0.2) is 0 Å². The molecule has 1 aromatic heterocycles. The Morgan fingerprint density at radius 1 is 1.18 bits per heavy atom. The maximum Gasteiger partial charge on any atom is 0.210 e. The minimum atomic E-state index is 0.907. The van der Waals surface area contributed by atoms with Crippen LogP contribution in [-0.4, -0.2) is 10.3 Å². The van der Waals surface area contributed by atoms with Gasteiger partial charge in [0.25, 0.3) is 0 Å². The molecule has 0 bridgehead atoms. The monoisotopic (exact) mass is 245 g/mol. The molecule has 0 aliphatic carbocycles. The standard InChI is InChI=1S/C13H15N3S/c1-10(2)14-15-13-16(3)12(9-17-13)11-7-5-4-6-8-11/h4-9H,1-3H3/b15-13+. The fourth-order valence-electron chi connectivity index (χ4n) is 1.47. The zero-order chi connectivity index (χ0) is 12.3. The zero-order valence-electron chi connectivity index (χ0n) is 10.2. The van der Waals surface area contributed by atoms with Crippen LogP contribution in [0.15, 0.2) is 45.9 Å². The molecule has 0 aliphatic rings. The molecule has 0 unspecified atom stereocenters. The lowest BCUT2D eigenvalue weighted by molar-refractivity contribution is 0.862. The molecule has 1 heterocycles. The molecule has 0 saturated heterocycles. The van der Waals surface area contributed by atoms with E-state index in [-0.39, 0.29) is 0 Å². The van der Waals surface area contributed by atoms with E-state index < -0.39 is 0 Å². The van der Waals surface area contributed by atoms with Crippen LogP contribution in [0.2, 0.25) is 0 Å². The van der Waals surface area contributed by atoms with Gasteiger partial charge in [-0.2, -0.15) is 5.10 Å². The molecule has 0 spiro atoms. The third-order valence-corrected chi connectivity index (χ3v) is 3.24. The summed E-state index contributed by atoms with van der Waals surface area (Å²) in [5.41, 5.74) is 3.32. The van der Waals surface area contributed by atoms with Crippen LogP contribution in [0, 0.1) is 0 Å². The Balaban J connectivity index is 2.47. The van der Waals surface area contributed by atoms with Crippen molar-refractivity contribution in [2.24, 2.45) is 17.3 Å². The molecule has 1 aromatic carbocycles. The van der Waals surface area contributed by atoms with Crippen LogP contribution in [0.4, 0.5) is 0 Å². The third-order valence-electron chi connectivity index (χ3n) is 2.33. The molecular formula is C13H15N3S. The lowest BCUT2D eigenvalue weighted by Gasteiger charge is -2.01. The molecule has 3 nitrogen and oxygen atoms in total. The van der Waals surface area contributed by atoms with Gasteiger partial charge in [-0.1, -0.05) is 30.3 Å². The Kier molecular flexibility index (Phi) is 3.54.